The number of anilines is 1. The van der Waals surface area contributed by atoms with E-state index in [0.29, 0.717) is 17.6 Å². The number of rotatable bonds is 6. The van der Waals surface area contributed by atoms with Crippen molar-refractivity contribution >= 4 is 11.7 Å². The Morgan fingerprint density at radius 3 is 3.09 bits per heavy atom. The molecular formula is C16H23N5O2. The molecule has 7 nitrogen and oxygen atoms in total. The molecule has 23 heavy (non-hydrogen) atoms. The van der Waals surface area contributed by atoms with Crippen LogP contribution in [0.4, 0.5) is 5.82 Å². The average Bonchev–Trinajstić information content (AvgIpc) is 3.25. The molecule has 2 aromatic heterocycles. The Bertz CT molecular complexity index is 637. The monoisotopic (exact) mass is 317 g/mol. The summed E-state index contributed by atoms with van der Waals surface area (Å²) >= 11 is 0. The highest BCUT2D eigenvalue weighted by atomic mass is 16.5. The Hall–Kier alpha value is -2.15. The van der Waals surface area contributed by atoms with Crippen LogP contribution in [0.3, 0.4) is 0 Å². The fourth-order valence-corrected chi connectivity index (χ4v) is 3.29. The van der Waals surface area contributed by atoms with E-state index >= 15 is 0 Å². The maximum absolute atomic E-state index is 12.6. The highest BCUT2D eigenvalue weighted by molar-refractivity contribution is 5.94. The van der Waals surface area contributed by atoms with E-state index < -0.39 is 0 Å². The highest BCUT2D eigenvalue weighted by Gasteiger charge is 2.34. The van der Waals surface area contributed by atoms with E-state index in [1.807, 2.05) is 23.9 Å². The molecule has 1 fully saturated rings. The first-order valence-electron chi connectivity index (χ1n) is 8.14. The van der Waals surface area contributed by atoms with E-state index in [-0.39, 0.29) is 11.9 Å². The number of aryl methyl sites for hydroxylation is 1. The van der Waals surface area contributed by atoms with E-state index in [2.05, 4.69) is 20.5 Å². The Morgan fingerprint density at radius 2 is 2.43 bits per heavy atom. The summed E-state index contributed by atoms with van der Waals surface area (Å²) in [5, 5.41) is 11.0. The van der Waals surface area contributed by atoms with Crippen molar-refractivity contribution in [3.63, 3.8) is 0 Å². The summed E-state index contributed by atoms with van der Waals surface area (Å²) in [5.74, 6) is 1.15. The largest absolute Gasteiger partial charge is 0.360 e. The van der Waals surface area contributed by atoms with Crippen molar-refractivity contribution in [2.75, 3.05) is 11.9 Å². The zero-order valence-electron chi connectivity index (χ0n) is 13.6. The number of nitrogens with one attached hydrogen (secondary N) is 1. The van der Waals surface area contributed by atoms with Crippen LogP contribution >= 0.6 is 0 Å². The third-order valence-electron chi connectivity index (χ3n) is 4.35. The predicted octanol–water partition coefficient (Wildman–Crippen LogP) is 2.06. The van der Waals surface area contributed by atoms with Crippen molar-refractivity contribution in [3.05, 3.63) is 30.3 Å². The highest BCUT2D eigenvalue weighted by Crippen LogP contribution is 2.24. The third-order valence-corrected chi connectivity index (χ3v) is 4.35. The summed E-state index contributed by atoms with van der Waals surface area (Å²) < 4.78 is 6.94. The Kier molecular flexibility index (Phi) is 4.76. The Morgan fingerprint density at radius 1 is 1.57 bits per heavy atom. The van der Waals surface area contributed by atoms with E-state index in [1.54, 1.807) is 19.2 Å². The fraction of sp³-hybridized carbons (Fsp3) is 0.562. The normalized spacial score (nSPS) is 19.8. The molecule has 2 atom stereocenters. The van der Waals surface area contributed by atoms with E-state index in [9.17, 15) is 4.79 Å². The van der Waals surface area contributed by atoms with Gasteiger partial charge in [0.1, 0.15) is 5.76 Å². The van der Waals surface area contributed by atoms with Gasteiger partial charge in [0.05, 0.1) is 12.6 Å². The summed E-state index contributed by atoms with van der Waals surface area (Å²) in [6.07, 6.45) is 6.72. The van der Waals surface area contributed by atoms with Crippen LogP contribution in [0.15, 0.2) is 29.0 Å². The molecule has 1 aliphatic heterocycles. The lowest BCUT2D eigenvalue weighted by Crippen LogP contribution is -2.47. The second-order valence-corrected chi connectivity index (χ2v) is 6.00. The molecule has 0 radical (unpaired) electrons. The van der Waals surface area contributed by atoms with Crippen LogP contribution in [-0.4, -0.2) is 44.4 Å². The van der Waals surface area contributed by atoms with Gasteiger partial charge in [-0.15, -0.1) is 0 Å². The molecule has 0 aromatic carbocycles. The van der Waals surface area contributed by atoms with Gasteiger partial charge < -0.3 is 9.84 Å². The van der Waals surface area contributed by atoms with Crippen molar-refractivity contribution in [1.82, 2.24) is 19.8 Å². The SMILES string of the molecule is CCC(C(=O)Nc1cc(C)on1)N1CCCC1Cn1cccn1. The maximum Gasteiger partial charge on any atom is 0.242 e. The number of nitrogens with zero attached hydrogens (tertiary/aromatic N) is 4. The number of amides is 1. The molecule has 1 amide bonds. The second kappa shape index (κ2) is 6.95. The van der Waals surface area contributed by atoms with Crippen molar-refractivity contribution in [3.8, 4) is 0 Å². The Balaban J connectivity index is 1.67. The van der Waals surface area contributed by atoms with Gasteiger partial charge in [0.15, 0.2) is 5.82 Å². The van der Waals surface area contributed by atoms with Gasteiger partial charge in [0, 0.05) is 24.5 Å². The molecule has 0 saturated carbocycles. The summed E-state index contributed by atoms with van der Waals surface area (Å²) in [7, 11) is 0. The fourth-order valence-electron chi connectivity index (χ4n) is 3.29. The number of hydrogen-bond donors (Lipinski definition) is 1. The van der Waals surface area contributed by atoms with Crippen molar-refractivity contribution < 1.29 is 9.32 Å². The summed E-state index contributed by atoms with van der Waals surface area (Å²) in [5.41, 5.74) is 0. The summed E-state index contributed by atoms with van der Waals surface area (Å²) in [6, 6.07) is 3.84. The van der Waals surface area contributed by atoms with Crippen LogP contribution in [0.2, 0.25) is 0 Å². The smallest absolute Gasteiger partial charge is 0.242 e. The van der Waals surface area contributed by atoms with Gasteiger partial charge in [-0.2, -0.15) is 5.10 Å². The molecule has 1 aliphatic rings. The number of carbonyl (C=O) groups is 1. The predicted molar refractivity (Wildman–Crippen MR) is 85.9 cm³/mol. The van der Waals surface area contributed by atoms with E-state index in [1.165, 1.54) is 0 Å². The zero-order valence-corrected chi connectivity index (χ0v) is 13.6. The molecule has 1 N–H and O–H groups in total. The molecule has 124 valence electrons. The van der Waals surface area contributed by atoms with Crippen molar-refractivity contribution in [1.29, 1.82) is 0 Å². The minimum absolute atomic E-state index is 0.0202. The molecule has 2 aromatic rings. The second-order valence-electron chi connectivity index (χ2n) is 6.00. The molecular weight excluding hydrogens is 294 g/mol. The quantitative estimate of drug-likeness (QED) is 0.882. The lowest BCUT2D eigenvalue weighted by molar-refractivity contribution is -0.122. The van der Waals surface area contributed by atoms with Crippen LogP contribution in [-0.2, 0) is 11.3 Å². The lowest BCUT2D eigenvalue weighted by atomic mass is 10.1. The molecule has 0 bridgehead atoms. The standard InChI is InChI=1S/C16H23N5O2/c1-3-14(16(22)18-15-10-12(2)23-19-15)21-9-4-6-13(21)11-20-8-5-7-17-20/h5,7-8,10,13-14H,3-4,6,9,11H2,1-2H3,(H,18,19,22). The van der Waals surface area contributed by atoms with Gasteiger partial charge in [0.2, 0.25) is 5.91 Å². The first-order chi connectivity index (χ1) is 11.2. The zero-order chi connectivity index (χ0) is 16.2. The van der Waals surface area contributed by atoms with Gasteiger partial charge in [-0.1, -0.05) is 12.1 Å². The van der Waals surface area contributed by atoms with Crippen LogP contribution in [0.25, 0.3) is 0 Å². The van der Waals surface area contributed by atoms with Gasteiger partial charge in [-0.25, -0.2) is 0 Å². The molecule has 1 saturated heterocycles. The van der Waals surface area contributed by atoms with Gasteiger partial charge in [0.25, 0.3) is 0 Å². The first kappa shape index (κ1) is 15.7. The molecule has 3 rings (SSSR count). The van der Waals surface area contributed by atoms with E-state index in [0.717, 1.165) is 32.4 Å². The lowest BCUT2D eigenvalue weighted by Gasteiger charge is -2.31. The van der Waals surface area contributed by atoms with Gasteiger partial charge in [-0.3, -0.25) is 14.4 Å². The van der Waals surface area contributed by atoms with E-state index in [4.69, 9.17) is 4.52 Å². The van der Waals surface area contributed by atoms with Crippen LogP contribution < -0.4 is 5.32 Å². The summed E-state index contributed by atoms with van der Waals surface area (Å²) in [6.45, 7) is 5.61. The Labute approximate surface area is 135 Å². The van der Waals surface area contributed by atoms with Crippen LogP contribution in [0, 0.1) is 6.92 Å². The number of hydrogen-bond acceptors (Lipinski definition) is 5. The van der Waals surface area contributed by atoms with Crippen molar-refractivity contribution in [2.24, 2.45) is 0 Å². The number of aromatic nitrogens is 3. The van der Waals surface area contributed by atoms with Crippen LogP contribution in [0.1, 0.15) is 31.9 Å². The number of likely N-dealkylation sites (tertiary alicyclic amines) is 1. The molecule has 2 unspecified atom stereocenters. The molecule has 0 spiro atoms. The third kappa shape index (κ3) is 3.61. The molecule has 0 aliphatic carbocycles. The topological polar surface area (TPSA) is 76.2 Å². The van der Waals surface area contributed by atoms with Gasteiger partial charge >= 0.3 is 0 Å². The molecule has 7 heteroatoms. The first-order valence-corrected chi connectivity index (χ1v) is 8.14. The molecule has 3 heterocycles. The number of carbonyl (C=O) groups excluding carboxylic acids is 1. The van der Waals surface area contributed by atoms with Crippen molar-refractivity contribution in [2.45, 2.75) is 51.7 Å². The summed E-state index contributed by atoms with van der Waals surface area (Å²) in [4.78, 5) is 14.9. The minimum atomic E-state index is -0.157. The van der Waals surface area contributed by atoms with Crippen LogP contribution in [0.5, 0.6) is 0 Å². The minimum Gasteiger partial charge on any atom is -0.360 e. The van der Waals surface area contributed by atoms with Gasteiger partial charge in [-0.05, 0) is 38.8 Å². The average molecular weight is 317 g/mol. The maximum atomic E-state index is 12.6.